The van der Waals surface area contributed by atoms with Gasteiger partial charge in [0.15, 0.2) is 5.75 Å². The molecule has 1 rings (SSSR count). The van der Waals surface area contributed by atoms with Gasteiger partial charge in [0.1, 0.15) is 4.90 Å². The molecule has 0 saturated carbocycles. The van der Waals surface area contributed by atoms with Crippen LogP contribution in [0.5, 0.6) is 5.75 Å². The molecular formula is C7H6BrF3N2O3S. The largest absolute Gasteiger partial charge is 0.573 e. The molecule has 0 aromatic heterocycles. The quantitative estimate of drug-likeness (QED) is 0.802. The summed E-state index contributed by atoms with van der Waals surface area (Å²) in [6.45, 7) is 0. The van der Waals surface area contributed by atoms with E-state index in [0.29, 0.717) is 0 Å². The van der Waals surface area contributed by atoms with Gasteiger partial charge in [-0.05, 0) is 12.1 Å². The molecule has 17 heavy (non-hydrogen) atoms. The second-order valence-electron chi connectivity index (χ2n) is 2.92. The first kappa shape index (κ1) is 14.1. The Morgan fingerprint density at radius 3 is 2.24 bits per heavy atom. The fourth-order valence-corrected chi connectivity index (χ4v) is 2.36. The summed E-state index contributed by atoms with van der Waals surface area (Å²) in [4.78, 5) is -0.846. The normalized spacial score (nSPS) is 12.5. The maximum atomic E-state index is 12.1. The Morgan fingerprint density at radius 1 is 1.29 bits per heavy atom. The Bertz CT molecular complexity index is 544. The molecule has 0 radical (unpaired) electrons. The van der Waals surface area contributed by atoms with E-state index in [1.807, 2.05) is 0 Å². The molecule has 0 spiro atoms. The molecule has 1 aromatic carbocycles. The van der Waals surface area contributed by atoms with Crippen molar-refractivity contribution in [1.82, 2.24) is 0 Å². The predicted octanol–water partition coefficient (Wildman–Crippen LogP) is 1.58. The zero-order valence-electron chi connectivity index (χ0n) is 7.95. The molecule has 0 amide bonds. The summed E-state index contributed by atoms with van der Waals surface area (Å²) < 4.78 is 62.1. The number of hydrogen-bond acceptors (Lipinski definition) is 4. The molecule has 10 heteroatoms. The van der Waals surface area contributed by atoms with Gasteiger partial charge in [0.2, 0.25) is 10.0 Å². The number of ether oxygens (including phenoxy) is 1. The number of rotatable bonds is 2. The third kappa shape index (κ3) is 3.75. The van der Waals surface area contributed by atoms with Crippen LogP contribution in [0.4, 0.5) is 18.9 Å². The Hall–Kier alpha value is -1.00. The van der Waals surface area contributed by atoms with Crippen molar-refractivity contribution >= 4 is 31.6 Å². The lowest BCUT2D eigenvalue weighted by atomic mass is 10.3. The molecule has 0 bridgehead atoms. The van der Waals surface area contributed by atoms with Crippen LogP contribution in [0.25, 0.3) is 0 Å². The van der Waals surface area contributed by atoms with Crippen molar-refractivity contribution < 1.29 is 26.3 Å². The molecule has 0 aliphatic carbocycles. The fraction of sp³-hybridized carbons (Fsp3) is 0.143. The number of primary sulfonamides is 1. The van der Waals surface area contributed by atoms with Gasteiger partial charge >= 0.3 is 6.36 Å². The Labute approximate surface area is 103 Å². The van der Waals surface area contributed by atoms with Crippen molar-refractivity contribution in [3.63, 3.8) is 0 Å². The summed E-state index contributed by atoms with van der Waals surface area (Å²) in [5.74, 6) is -1.04. The van der Waals surface area contributed by atoms with Crippen molar-refractivity contribution in [2.24, 2.45) is 5.14 Å². The highest BCUT2D eigenvalue weighted by Crippen LogP contribution is 2.36. The molecule has 0 atom stereocenters. The second kappa shape index (κ2) is 4.35. The molecule has 4 N–H and O–H groups in total. The van der Waals surface area contributed by atoms with E-state index in [0.717, 1.165) is 12.1 Å². The zero-order chi connectivity index (χ0) is 13.4. The van der Waals surface area contributed by atoms with Gasteiger partial charge in [-0.3, -0.25) is 0 Å². The highest BCUT2D eigenvalue weighted by molar-refractivity contribution is 9.10. The number of nitrogens with two attached hydrogens (primary N) is 2. The van der Waals surface area contributed by atoms with Gasteiger partial charge in [-0.25, -0.2) is 13.6 Å². The second-order valence-corrected chi connectivity index (χ2v) is 5.36. The first-order valence-electron chi connectivity index (χ1n) is 3.88. The number of hydrogen-bond donors (Lipinski definition) is 2. The van der Waals surface area contributed by atoms with Crippen LogP contribution < -0.4 is 15.6 Å². The molecule has 1 aromatic rings. The summed E-state index contributed by atoms with van der Waals surface area (Å²) in [7, 11) is -4.39. The first-order valence-corrected chi connectivity index (χ1v) is 6.22. The van der Waals surface area contributed by atoms with Crippen LogP contribution in [0, 0.1) is 0 Å². The van der Waals surface area contributed by atoms with Gasteiger partial charge in [0.05, 0.1) is 5.69 Å². The molecule has 0 aliphatic heterocycles. The molecule has 0 fully saturated rings. The SMILES string of the molecule is Nc1cc(Br)cc(S(N)(=O)=O)c1OC(F)(F)F. The summed E-state index contributed by atoms with van der Waals surface area (Å²) in [5, 5.41) is 4.76. The van der Waals surface area contributed by atoms with Gasteiger partial charge in [-0.15, -0.1) is 13.2 Å². The summed E-state index contributed by atoms with van der Waals surface area (Å²) >= 11 is 2.88. The average molecular weight is 335 g/mol. The van der Waals surface area contributed by atoms with E-state index in [1.54, 1.807) is 0 Å². The summed E-state index contributed by atoms with van der Waals surface area (Å²) in [6.07, 6.45) is -5.07. The standard InChI is InChI=1S/C7H6BrF3N2O3S/c8-3-1-4(12)6(16-7(9,10)11)5(2-3)17(13,14)15/h1-2H,12H2,(H2,13,14,15). The maximum absolute atomic E-state index is 12.1. The van der Waals surface area contributed by atoms with E-state index in [-0.39, 0.29) is 4.47 Å². The minimum absolute atomic E-state index is 0.161. The minimum Gasteiger partial charge on any atom is -0.402 e. The van der Waals surface area contributed by atoms with Crippen molar-refractivity contribution in [2.45, 2.75) is 11.3 Å². The van der Waals surface area contributed by atoms with Gasteiger partial charge < -0.3 is 10.5 Å². The number of anilines is 1. The maximum Gasteiger partial charge on any atom is 0.573 e. The molecule has 5 nitrogen and oxygen atoms in total. The van der Waals surface area contributed by atoms with E-state index in [9.17, 15) is 21.6 Å². The smallest absolute Gasteiger partial charge is 0.402 e. The van der Waals surface area contributed by atoms with E-state index < -0.39 is 32.7 Å². The van der Waals surface area contributed by atoms with Gasteiger partial charge in [0, 0.05) is 4.47 Å². The number of alkyl halides is 3. The van der Waals surface area contributed by atoms with Crippen molar-refractivity contribution in [1.29, 1.82) is 0 Å². The first-order chi connectivity index (χ1) is 7.50. The molecule has 0 aliphatic rings. The van der Waals surface area contributed by atoms with Gasteiger partial charge in [-0.1, -0.05) is 15.9 Å². The lowest BCUT2D eigenvalue weighted by molar-refractivity contribution is -0.275. The van der Waals surface area contributed by atoms with Crippen molar-refractivity contribution in [3.8, 4) is 5.75 Å². The zero-order valence-corrected chi connectivity index (χ0v) is 10.4. The van der Waals surface area contributed by atoms with Crippen LogP contribution in [0.1, 0.15) is 0 Å². The van der Waals surface area contributed by atoms with Crippen LogP contribution in [0.15, 0.2) is 21.5 Å². The predicted molar refractivity (Wildman–Crippen MR) is 56.6 cm³/mol. The number of nitrogen functional groups attached to an aromatic ring is 1. The highest BCUT2D eigenvalue weighted by atomic mass is 79.9. The van der Waals surface area contributed by atoms with Crippen LogP contribution in [-0.4, -0.2) is 14.8 Å². The molecule has 0 unspecified atom stereocenters. The minimum atomic E-state index is -5.07. The number of halogens is 4. The Morgan fingerprint density at radius 2 is 1.82 bits per heavy atom. The van der Waals surface area contributed by atoms with Crippen LogP contribution in [0.3, 0.4) is 0 Å². The monoisotopic (exact) mass is 334 g/mol. The third-order valence-electron chi connectivity index (χ3n) is 1.57. The summed E-state index contributed by atoms with van der Waals surface area (Å²) in [5.41, 5.74) is 4.75. The van der Waals surface area contributed by atoms with E-state index in [4.69, 9.17) is 10.9 Å². The lowest BCUT2D eigenvalue weighted by Crippen LogP contribution is -2.22. The highest BCUT2D eigenvalue weighted by Gasteiger charge is 2.35. The summed E-state index contributed by atoms with van der Waals surface area (Å²) in [6, 6.07) is 1.93. The van der Waals surface area contributed by atoms with Crippen LogP contribution in [0.2, 0.25) is 0 Å². The van der Waals surface area contributed by atoms with Crippen LogP contribution >= 0.6 is 15.9 Å². The Kier molecular flexibility index (Phi) is 3.60. The van der Waals surface area contributed by atoms with Gasteiger partial charge in [-0.2, -0.15) is 0 Å². The lowest BCUT2D eigenvalue weighted by Gasteiger charge is -2.14. The molecular weight excluding hydrogens is 329 g/mol. The van der Waals surface area contributed by atoms with Crippen molar-refractivity contribution in [2.75, 3.05) is 5.73 Å². The van der Waals surface area contributed by atoms with Gasteiger partial charge in [0.25, 0.3) is 0 Å². The fourth-order valence-electron chi connectivity index (χ4n) is 1.03. The molecule has 0 saturated heterocycles. The molecule has 96 valence electrons. The topological polar surface area (TPSA) is 95.4 Å². The van der Waals surface area contributed by atoms with E-state index in [1.165, 1.54) is 0 Å². The third-order valence-corrected chi connectivity index (χ3v) is 2.95. The molecule has 0 heterocycles. The van der Waals surface area contributed by atoms with Crippen LogP contribution in [-0.2, 0) is 10.0 Å². The van der Waals surface area contributed by atoms with E-state index >= 15 is 0 Å². The van der Waals surface area contributed by atoms with E-state index in [2.05, 4.69) is 20.7 Å². The average Bonchev–Trinajstić information content (AvgIpc) is 2.05. The number of sulfonamides is 1. The Balaban J connectivity index is 3.47. The number of benzene rings is 1. The van der Waals surface area contributed by atoms with Crippen molar-refractivity contribution in [3.05, 3.63) is 16.6 Å².